The third-order valence-corrected chi connectivity index (χ3v) is 6.49. The van der Waals surface area contributed by atoms with Crippen LogP contribution in [0.4, 0.5) is 0 Å². The maximum atomic E-state index is 13.2. The smallest absolute Gasteiger partial charge is 0.237 e. The van der Waals surface area contributed by atoms with Gasteiger partial charge in [0.15, 0.2) is 0 Å². The Morgan fingerprint density at radius 3 is 2.79 bits per heavy atom. The molecule has 4 nitrogen and oxygen atoms in total. The van der Waals surface area contributed by atoms with Crippen LogP contribution in [-0.4, -0.2) is 48.2 Å². The van der Waals surface area contributed by atoms with E-state index in [2.05, 4.69) is 24.8 Å². The number of ether oxygens (including phenoxy) is 1. The second kappa shape index (κ2) is 10.4. The summed E-state index contributed by atoms with van der Waals surface area (Å²) < 4.78 is 5.35. The third kappa shape index (κ3) is 5.91. The summed E-state index contributed by atoms with van der Waals surface area (Å²) in [6.45, 7) is 7.10. The summed E-state index contributed by atoms with van der Waals surface area (Å²) in [5.74, 6) is 2.40. The number of methoxy groups -OCH3 is 1. The Bertz CT molecular complexity index is 830. The van der Waals surface area contributed by atoms with Crippen LogP contribution in [0.25, 0.3) is 0 Å². The van der Waals surface area contributed by atoms with Crippen molar-refractivity contribution in [3.63, 3.8) is 0 Å². The summed E-state index contributed by atoms with van der Waals surface area (Å²) in [5.41, 5.74) is 2.17. The molecule has 1 aliphatic rings. The van der Waals surface area contributed by atoms with E-state index < -0.39 is 0 Å². The molecular formula is C23H29ClN2O2S. The van der Waals surface area contributed by atoms with Crippen LogP contribution in [-0.2, 0) is 11.3 Å². The SMILES string of the molecule is COc1cccc(CN(CC(=O)N2CCSC2c2ccccc2Cl)CC(C)C)c1. The number of halogens is 1. The first-order chi connectivity index (χ1) is 14.0. The van der Waals surface area contributed by atoms with Gasteiger partial charge >= 0.3 is 0 Å². The van der Waals surface area contributed by atoms with Gasteiger partial charge < -0.3 is 9.64 Å². The lowest BCUT2D eigenvalue weighted by molar-refractivity contribution is -0.132. The molecule has 3 rings (SSSR count). The predicted octanol–water partition coefficient (Wildman–Crippen LogP) is 5.08. The van der Waals surface area contributed by atoms with E-state index in [4.69, 9.17) is 16.3 Å². The van der Waals surface area contributed by atoms with Crippen LogP contribution >= 0.6 is 23.4 Å². The van der Waals surface area contributed by atoms with E-state index >= 15 is 0 Å². The highest BCUT2D eigenvalue weighted by Crippen LogP contribution is 2.40. The number of hydrogen-bond donors (Lipinski definition) is 0. The van der Waals surface area contributed by atoms with Gasteiger partial charge in [-0.15, -0.1) is 11.8 Å². The second-order valence-electron chi connectivity index (χ2n) is 7.75. The van der Waals surface area contributed by atoms with Crippen LogP contribution in [0.1, 0.15) is 30.3 Å². The quantitative estimate of drug-likeness (QED) is 0.582. The fourth-order valence-electron chi connectivity index (χ4n) is 3.67. The van der Waals surface area contributed by atoms with Gasteiger partial charge in [-0.3, -0.25) is 9.69 Å². The number of hydrogen-bond acceptors (Lipinski definition) is 4. The van der Waals surface area contributed by atoms with Gasteiger partial charge in [-0.1, -0.05) is 55.8 Å². The standard InChI is InChI=1S/C23H29ClN2O2S/c1-17(2)14-25(15-18-7-6-8-19(13-18)28-3)16-22(27)26-11-12-29-23(26)20-9-4-5-10-21(20)24/h4-10,13,17,23H,11-12,14-16H2,1-3H3. The molecule has 0 aliphatic carbocycles. The molecule has 1 saturated heterocycles. The Hall–Kier alpha value is -1.69. The highest BCUT2D eigenvalue weighted by Gasteiger charge is 2.32. The average molecular weight is 433 g/mol. The number of amides is 1. The summed E-state index contributed by atoms with van der Waals surface area (Å²) in [5, 5.41) is 0.717. The molecule has 0 aromatic heterocycles. The molecule has 29 heavy (non-hydrogen) atoms. The van der Waals surface area contributed by atoms with Gasteiger partial charge in [0.25, 0.3) is 0 Å². The molecule has 1 amide bonds. The average Bonchev–Trinajstić information content (AvgIpc) is 3.17. The van der Waals surface area contributed by atoms with Gasteiger partial charge in [-0.05, 0) is 29.7 Å². The van der Waals surface area contributed by atoms with Crippen LogP contribution in [0.2, 0.25) is 5.02 Å². The van der Waals surface area contributed by atoms with Crippen LogP contribution in [0, 0.1) is 5.92 Å². The van der Waals surface area contributed by atoms with E-state index in [0.29, 0.717) is 12.5 Å². The van der Waals surface area contributed by atoms with Crippen molar-refractivity contribution in [2.24, 2.45) is 5.92 Å². The first-order valence-electron chi connectivity index (χ1n) is 9.98. The van der Waals surface area contributed by atoms with Gasteiger partial charge in [0, 0.05) is 36.0 Å². The zero-order chi connectivity index (χ0) is 20.8. The number of thioether (sulfide) groups is 1. The molecule has 1 atom stereocenters. The molecule has 156 valence electrons. The Balaban J connectivity index is 1.72. The molecule has 0 spiro atoms. The molecule has 1 heterocycles. The first kappa shape index (κ1) is 22.0. The largest absolute Gasteiger partial charge is 0.497 e. The van der Waals surface area contributed by atoms with Crippen molar-refractivity contribution >= 4 is 29.3 Å². The molecule has 0 N–H and O–H groups in total. The van der Waals surface area contributed by atoms with E-state index in [1.54, 1.807) is 18.9 Å². The summed E-state index contributed by atoms with van der Waals surface area (Å²) in [4.78, 5) is 17.5. The Kier molecular flexibility index (Phi) is 7.87. The normalized spacial score (nSPS) is 16.6. The molecule has 0 radical (unpaired) electrons. The zero-order valence-corrected chi connectivity index (χ0v) is 18.9. The minimum Gasteiger partial charge on any atom is -0.497 e. The Labute approximate surface area is 183 Å². The number of nitrogens with zero attached hydrogens (tertiary/aromatic N) is 2. The molecule has 6 heteroatoms. The van der Waals surface area contributed by atoms with E-state index in [1.165, 1.54) is 0 Å². The summed E-state index contributed by atoms with van der Waals surface area (Å²) in [7, 11) is 1.68. The number of carbonyl (C=O) groups excluding carboxylic acids is 1. The topological polar surface area (TPSA) is 32.8 Å². The van der Waals surface area contributed by atoms with Crippen molar-refractivity contribution < 1.29 is 9.53 Å². The van der Waals surface area contributed by atoms with Crippen molar-refractivity contribution in [1.82, 2.24) is 9.80 Å². The lowest BCUT2D eigenvalue weighted by Crippen LogP contribution is -2.41. The maximum Gasteiger partial charge on any atom is 0.237 e. The van der Waals surface area contributed by atoms with Gasteiger partial charge in [0.2, 0.25) is 5.91 Å². The second-order valence-corrected chi connectivity index (χ2v) is 9.34. The number of carbonyl (C=O) groups is 1. The Morgan fingerprint density at radius 1 is 1.28 bits per heavy atom. The third-order valence-electron chi connectivity index (χ3n) is 4.91. The molecule has 2 aromatic rings. The summed E-state index contributed by atoms with van der Waals surface area (Å²) in [6, 6.07) is 15.9. The number of rotatable bonds is 8. The van der Waals surface area contributed by atoms with Crippen LogP contribution < -0.4 is 4.74 Å². The summed E-state index contributed by atoms with van der Waals surface area (Å²) in [6.07, 6.45) is 0. The van der Waals surface area contributed by atoms with Gasteiger partial charge in [-0.2, -0.15) is 0 Å². The minimum absolute atomic E-state index is 0.00563. The highest BCUT2D eigenvalue weighted by molar-refractivity contribution is 7.99. The molecule has 1 unspecified atom stereocenters. The van der Waals surface area contributed by atoms with Crippen molar-refractivity contribution in [3.05, 3.63) is 64.7 Å². The van der Waals surface area contributed by atoms with E-state index in [0.717, 1.165) is 47.3 Å². The minimum atomic E-state index is -0.00563. The van der Waals surface area contributed by atoms with Crippen molar-refractivity contribution in [3.8, 4) is 5.75 Å². The Morgan fingerprint density at radius 2 is 2.07 bits per heavy atom. The predicted molar refractivity (Wildman–Crippen MR) is 121 cm³/mol. The number of benzene rings is 2. The summed E-state index contributed by atoms with van der Waals surface area (Å²) >= 11 is 8.19. The van der Waals surface area contributed by atoms with Crippen LogP contribution in [0.5, 0.6) is 5.75 Å². The lowest BCUT2D eigenvalue weighted by Gasteiger charge is -2.29. The van der Waals surface area contributed by atoms with Gasteiger partial charge in [0.1, 0.15) is 11.1 Å². The highest BCUT2D eigenvalue weighted by atomic mass is 35.5. The van der Waals surface area contributed by atoms with Gasteiger partial charge in [-0.25, -0.2) is 0 Å². The fraction of sp³-hybridized carbons (Fsp3) is 0.435. The van der Waals surface area contributed by atoms with Crippen molar-refractivity contribution in [2.45, 2.75) is 25.8 Å². The molecule has 1 fully saturated rings. The molecule has 0 bridgehead atoms. The monoisotopic (exact) mass is 432 g/mol. The van der Waals surface area contributed by atoms with E-state index in [1.807, 2.05) is 47.4 Å². The fourth-order valence-corrected chi connectivity index (χ4v) is 5.29. The molecule has 2 aromatic carbocycles. The maximum absolute atomic E-state index is 13.2. The zero-order valence-electron chi connectivity index (χ0n) is 17.3. The van der Waals surface area contributed by atoms with Crippen molar-refractivity contribution in [2.75, 3.05) is 32.5 Å². The lowest BCUT2D eigenvalue weighted by atomic mass is 10.1. The van der Waals surface area contributed by atoms with E-state index in [9.17, 15) is 4.79 Å². The van der Waals surface area contributed by atoms with E-state index in [-0.39, 0.29) is 11.3 Å². The molecule has 0 saturated carbocycles. The van der Waals surface area contributed by atoms with Crippen molar-refractivity contribution in [1.29, 1.82) is 0 Å². The molecule has 1 aliphatic heterocycles. The van der Waals surface area contributed by atoms with Crippen LogP contribution in [0.3, 0.4) is 0 Å². The van der Waals surface area contributed by atoms with Crippen LogP contribution in [0.15, 0.2) is 48.5 Å². The van der Waals surface area contributed by atoms with Gasteiger partial charge in [0.05, 0.1) is 13.7 Å². The molecular weight excluding hydrogens is 404 g/mol. The first-order valence-corrected chi connectivity index (χ1v) is 11.4.